The number of aryl methyl sites for hydroxylation is 1. The van der Waals surface area contributed by atoms with E-state index in [0.717, 1.165) is 36.3 Å². The lowest BCUT2D eigenvalue weighted by atomic mass is 10.0. The monoisotopic (exact) mass is 447 g/mol. The maximum Gasteiger partial charge on any atom is 0.251 e. The molecule has 1 aromatic carbocycles. The first kappa shape index (κ1) is 20.6. The molecule has 3 aromatic heterocycles. The van der Waals surface area contributed by atoms with E-state index >= 15 is 0 Å². The van der Waals surface area contributed by atoms with Gasteiger partial charge in [0.1, 0.15) is 11.3 Å². The van der Waals surface area contributed by atoms with Crippen LogP contribution in [-0.4, -0.2) is 51.1 Å². The number of H-pyrrole nitrogens is 1. The van der Waals surface area contributed by atoms with Crippen LogP contribution in [0.1, 0.15) is 12.1 Å². The van der Waals surface area contributed by atoms with Crippen molar-refractivity contribution in [3.8, 4) is 28.3 Å². The van der Waals surface area contributed by atoms with Gasteiger partial charge in [0.05, 0.1) is 11.4 Å². The molecule has 162 valence electrons. The number of nitrogens with one attached hydrogen (secondary N) is 1. The second-order valence-corrected chi connectivity index (χ2v) is 8.46. The molecule has 0 bridgehead atoms. The summed E-state index contributed by atoms with van der Waals surface area (Å²) < 4.78 is 6.00. The van der Waals surface area contributed by atoms with Gasteiger partial charge in [-0.3, -0.25) is 4.79 Å². The number of hydrogen-bond donors (Lipinski definition) is 1. The number of hydrogen-bond acceptors (Lipinski definition) is 6. The molecule has 0 saturated carbocycles. The Bertz CT molecular complexity index is 1340. The summed E-state index contributed by atoms with van der Waals surface area (Å²) in [5, 5.41) is 0.359. The van der Waals surface area contributed by atoms with Gasteiger partial charge in [-0.1, -0.05) is 41.9 Å². The Labute approximate surface area is 190 Å². The topological polar surface area (TPSA) is 84.0 Å². The van der Waals surface area contributed by atoms with Crippen molar-refractivity contribution >= 4 is 22.8 Å². The molecule has 1 unspecified atom stereocenters. The van der Waals surface area contributed by atoms with Crippen LogP contribution >= 0.6 is 11.6 Å². The van der Waals surface area contributed by atoms with Crippen molar-refractivity contribution < 1.29 is 4.74 Å². The van der Waals surface area contributed by atoms with E-state index in [1.54, 1.807) is 12.3 Å². The van der Waals surface area contributed by atoms with Crippen molar-refractivity contribution in [3.05, 3.63) is 69.7 Å². The minimum atomic E-state index is -0.279. The molecule has 4 heterocycles. The van der Waals surface area contributed by atoms with Gasteiger partial charge in [-0.2, -0.15) is 0 Å². The minimum absolute atomic E-state index is 0.0174. The first-order chi connectivity index (χ1) is 15.5. The summed E-state index contributed by atoms with van der Waals surface area (Å²) in [5.41, 5.74) is 3.97. The average molecular weight is 448 g/mol. The summed E-state index contributed by atoms with van der Waals surface area (Å²) in [6.07, 6.45) is 2.45. The first-order valence-electron chi connectivity index (χ1n) is 10.5. The molecule has 1 fully saturated rings. The molecule has 1 atom stereocenters. The van der Waals surface area contributed by atoms with Crippen LogP contribution in [0.2, 0.25) is 5.15 Å². The molecule has 0 aliphatic carbocycles. The van der Waals surface area contributed by atoms with Crippen LogP contribution in [0.5, 0.6) is 5.75 Å². The maximum absolute atomic E-state index is 13.3. The highest BCUT2D eigenvalue weighted by Crippen LogP contribution is 2.31. The Morgan fingerprint density at radius 3 is 2.59 bits per heavy atom. The highest BCUT2D eigenvalue weighted by atomic mass is 35.5. The van der Waals surface area contributed by atoms with Crippen LogP contribution in [0.15, 0.2) is 53.5 Å². The van der Waals surface area contributed by atoms with Gasteiger partial charge < -0.3 is 14.6 Å². The van der Waals surface area contributed by atoms with Crippen LogP contribution in [0.3, 0.4) is 0 Å². The minimum Gasteiger partial charge on any atom is -0.483 e. The standard InChI is InChI=1S/C24H22ClN5O2/c1-14-10-16(11-19(25)27-14)21-20(15-6-4-3-5-7-15)29-24-22(28-21)23(31)18(12-26-24)32-17-8-9-30(2)13-17/h3-7,10-12,17H,8-9,13H2,1-2H3,(H,26,29,31). The summed E-state index contributed by atoms with van der Waals surface area (Å²) in [6, 6.07) is 13.4. The molecule has 0 radical (unpaired) electrons. The molecule has 1 aliphatic rings. The smallest absolute Gasteiger partial charge is 0.251 e. The van der Waals surface area contributed by atoms with Crippen LogP contribution in [0, 0.1) is 6.92 Å². The fourth-order valence-corrected chi connectivity index (χ4v) is 4.28. The van der Waals surface area contributed by atoms with Crippen molar-refractivity contribution in [1.82, 2.24) is 24.8 Å². The molecule has 5 rings (SSSR count). The molecule has 32 heavy (non-hydrogen) atoms. The lowest BCUT2D eigenvalue weighted by Gasteiger charge is -2.14. The fourth-order valence-electron chi connectivity index (χ4n) is 4.03. The second-order valence-electron chi connectivity index (χ2n) is 8.08. The fraction of sp³-hybridized carbons (Fsp3) is 0.250. The summed E-state index contributed by atoms with van der Waals surface area (Å²) >= 11 is 6.23. The zero-order valence-corrected chi connectivity index (χ0v) is 18.6. The van der Waals surface area contributed by atoms with E-state index in [1.807, 2.05) is 50.4 Å². The van der Waals surface area contributed by atoms with E-state index in [4.69, 9.17) is 26.3 Å². The van der Waals surface area contributed by atoms with E-state index in [2.05, 4.69) is 14.9 Å². The SMILES string of the molecule is Cc1cc(-c2nc3c(=O)c(OC4CCN(C)C4)c[nH]c3nc2-c2ccccc2)cc(Cl)n1. The lowest BCUT2D eigenvalue weighted by Crippen LogP contribution is -2.24. The predicted molar refractivity (Wildman–Crippen MR) is 125 cm³/mol. The van der Waals surface area contributed by atoms with Gasteiger partial charge in [0.2, 0.25) is 0 Å². The third-order valence-corrected chi connectivity index (χ3v) is 5.75. The average Bonchev–Trinajstić information content (AvgIpc) is 3.19. The van der Waals surface area contributed by atoms with Crippen molar-refractivity contribution in [3.63, 3.8) is 0 Å². The first-order valence-corrected chi connectivity index (χ1v) is 10.8. The molecule has 0 amide bonds. The van der Waals surface area contributed by atoms with Gasteiger partial charge in [0, 0.05) is 36.1 Å². The zero-order chi connectivity index (χ0) is 22.2. The number of ether oxygens (including phenoxy) is 1. The number of fused-ring (bicyclic) bond motifs is 1. The van der Waals surface area contributed by atoms with E-state index in [1.165, 1.54) is 0 Å². The van der Waals surface area contributed by atoms with Crippen LogP contribution < -0.4 is 10.2 Å². The predicted octanol–water partition coefficient (Wildman–Crippen LogP) is 4.09. The highest BCUT2D eigenvalue weighted by Gasteiger charge is 2.23. The largest absolute Gasteiger partial charge is 0.483 e. The molecular weight excluding hydrogens is 426 g/mol. The van der Waals surface area contributed by atoms with Gasteiger partial charge in [0.25, 0.3) is 5.43 Å². The molecule has 1 N–H and O–H groups in total. The highest BCUT2D eigenvalue weighted by molar-refractivity contribution is 6.29. The number of aromatic amines is 1. The molecule has 7 nitrogen and oxygen atoms in total. The van der Waals surface area contributed by atoms with Crippen molar-refractivity contribution in [2.24, 2.45) is 0 Å². The normalized spacial score (nSPS) is 16.5. The Kier molecular flexibility index (Phi) is 5.36. The third-order valence-electron chi connectivity index (χ3n) is 5.56. The maximum atomic E-state index is 13.3. The van der Waals surface area contributed by atoms with Gasteiger partial charge in [-0.05, 0) is 32.5 Å². The number of pyridine rings is 2. The molecular formula is C24H22ClN5O2. The van der Waals surface area contributed by atoms with Crippen LogP contribution in [0.4, 0.5) is 0 Å². The summed E-state index contributed by atoms with van der Waals surface area (Å²) in [7, 11) is 2.04. The number of benzene rings is 1. The van der Waals surface area contributed by atoms with Crippen LogP contribution in [-0.2, 0) is 0 Å². The summed E-state index contributed by atoms with van der Waals surface area (Å²) in [5.74, 6) is 0.259. The van der Waals surface area contributed by atoms with E-state index in [9.17, 15) is 4.79 Å². The van der Waals surface area contributed by atoms with Crippen molar-refractivity contribution in [2.75, 3.05) is 20.1 Å². The Hall–Kier alpha value is -3.29. The van der Waals surface area contributed by atoms with Crippen LogP contribution in [0.25, 0.3) is 33.7 Å². The quantitative estimate of drug-likeness (QED) is 0.474. The van der Waals surface area contributed by atoms with Gasteiger partial charge in [-0.25, -0.2) is 15.0 Å². The molecule has 1 aliphatic heterocycles. The number of nitrogens with zero attached hydrogens (tertiary/aromatic N) is 4. The molecule has 4 aromatic rings. The Balaban J connectivity index is 1.69. The van der Waals surface area contributed by atoms with Gasteiger partial charge in [-0.15, -0.1) is 0 Å². The summed E-state index contributed by atoms with van der Waals surface area (Å²) in [6.45, 7) is 3.60. The van der Waals surface area contributed by atoms with E-state index < -0.39 is 0 Å². The lowest BCUT2D eigenvalue weighted by molar-refractivity contribution is 0.206. The van der Waals surface area contributed by atoms with Gasteiger partial charge >= 0.3 is 0 Å². The Morgan fingerprint density at radius 1 is 1.09 bits per heavy atom. The number of aromatic nitrogens is 4. The molecule has 8 heteroatoms. The number of rotatable bonds is 4. The zero-order valence-electron chi connectivity index (χ0n) is 17.8. The summed E-state index contributed by atoms with van der Waals surface area (Å²) in [4.78, 5) is 32.3. The second kappa shape index (κ2) is 8.33. The van der Waals surface area contributed by atoms with E-state index in [0.29, 0.717) is 22.2 Å². The molecule has 1 saturated heterocycles. The van der Waals surface area contributed by atoms with Gasteiger partial charge in [0.15, 0.2) is 16.9 Å². The van der Waals surface area contributed by atoms with Crippen molar-refractivity contribution in [2.45, 2.75) is 19.4 Å². The third kappa shape index (κ3) is 3.97. The number of likely N-dealkylation sites (N-methyl/N-ethyl adjacent to an activating group) is 1. The Morgan fingerprint density at radius 2 is 1.88 bits per heavy atom. The molecule has 0 spiro atoms. The van der Waals surface area contributed by atoms with E-state index in [-0.39, 0.29) is 22.8 Å². The number of likely N-dealkylation sites (tertiary alicyclic amines) is 1. The van der Waals surface area contributed by atoms with Crippen molar-refractivity contribution in [1.29, 1.82) is 0 Å². The number of halogens is 1.